The molecule has 40 valence electrons. The molecule has 1 rings (SSSR count). The van der Waals surface area contributed by atoms with Crippen molar-refractivity contribution in [2.24, 2.45) is 0 Å². The molecule has 0 unspecified atom stereocenters. The SMILES string of the molecule is C#CC1=C=CCCC1. The van der Waals surface area contributed by atoms with E-state index in [1.807, 2.05) is 6.08 Å². The molecule has 0 aromatic carbocycles. The third-order valence-corrected chi connectivity index (χ3v) is 1.23. The Morgan fingerprint density at radius 1 is 1.75 bits per heavy atom. The van der Waals surface area contributed by atoms with Gasteiger partial charge in [0.1, 0.15) is 0 Å². The van der Waals surface area contributed by atoms with E-state index in [4.69, 9.17) is 6.42 Å². The molecular weight excluding hydrogens is 96.1 g/mol. The van der Waals surface area contributed by atoms with Crippen LogP contribution in [0.15, 0.2) is 17.4 Å². The summed E-state index contributed by atoms with van der Waals surface area (Å²) < 4.78 is 0. The van der Waals surface area contributed by atoms with Gasteiger partial charge in [-0.2, -0.15) is 0 Å². The van der Waals surface area contributed by atoms with E-state index in [1.165, 1.54) is 6.42 Å². The number of hydrogen-bond acceptors (Lipinski definition) is 0. The van der Waals surface area contributed by atoms with E-state index < -0.39 is 0 Å². The Kier molecular flexibility index (Phi) is 1.57. The fraction of sp³-hybridized carbons (Fsp3) is 0.375. The van der Waals surface area contributed by atoms with Crippen LogP contribution in [0.2, 0.25) is 0 Å². The molecular formula is C8H8. The molecule has 0 nitrogen and oxygen atoms in total. The van der Waals surface area contributed by atoms with Gasteiger partial charge in [-0.3, -0.25) is 0 Å². The summed E-state index contributed by atoms with van der Waals surface area (Å²) in [6.45, 7) is 0. The van der Waals surface area contributed by atoms with Crippen molar-refractivity contribution in [1.82, 2.24) is 0 Å². The minimum absolute atomic E-state index is 1.02. The molecule has 0 saturated carbocycles. The van der Waals surface area contributed by atoms with Crippen molar-refractivity contribution in [1.29, 1.82) is 0 Å². The molecule has 8 heavy (non-hydrogen) atoms. The Hall–Kier alpha value is -0.920. The first kappa shape index (κ1) is 5.22. The molecule has 1 aliphatic rings. The van der Waals surface area contributed by atoms with E-state index in [9.17, 15) is 0 Å². The van der Waals surface area contributed by atoms with Crippen LogP contribution in [0, 0.1) is 12.3 Å². The van der Waals surface area contributed by atoms with E-state index in [2.05, 4.69) is 11.7 Å². The Balaban J connectivity index is 2.78. The zero-order valence-corrected chi connectivity index (χ0v) is 4.78. The highest BCUT2D eigenvalue weighted by atomic mass is 14.0. The molecule has 1 aliphatic carbocycles. The summed E-state index contributed by atoms with van der Waals surface area (Å²) in [6.07, 6.45) is 10.5. The third kappa shape index (κ3) is 1.03. The number of hydrogen-bond donors (Lipinski definition) is 0. The Labute approximate surface area is 49.9 Å². The van der Waals surface area contributed by atoms with Gasteiger partial charge in [-0.15, -0.1) is 12.2 Å². The fourth-order valence-corrected chi connectivity index (χ4v) is 0.762. The average Bonchev–Trinajstić information content (AvgIpc) is 1.90. The summed E-state index contributed by atoms with van der Waals surface area (Å²) in [7, 11) is 0. The largest absolute Gasteiger partial charge is 0.114 e. The van der Waals surface area contributed by atoms with Crippen LogP contribution in [-0.2, 0) is 0 Å². The maximum Gasteiger partial charge on any atom is 0.0432 e. The van der Waals surface area contributed by atoms with Crippen molar-refractivity contribution in [2.75, 3.05) is 0 Å². The molecule has 0 aromatic rings. The standard InChI is InChI=1S/C8H8/c1-2-8-6-4-3-5-7-8/h1,4H,3,5,7H2. The van der Waals surface area contributed by atoms with Gasteiger partial charge in [-0.1, -0.05) is 5.92 Å². The van der Waals surface area contributed by atoms with Crippen molar-refractivity contribution < 1.29 is 0 Å². The summed E-state index contributed by atoms with van der Waals surface area (Å²) in [5.74, 6) is 2.58. The summed E-state index contributed by atoms with van der Waals surface area (Å²) in [5.41, 5.74) is 4.05. The van der Waals surface area contributed by atoms with Gasteiger partial charge in [0.15, 0.2) is 0 Å². The van der Waals surface area contributed by atoms with Gasteiger partial charge in [0.25, 0.3) is 0 Å². The molecule has 0 bridgehead atoms. The molecule has 0 atom stereocenters. The van der Waals surface area contributed by atoms with Gasteiger partial charge >= 0.3 is 0 Å². The average molecular weight is 104 g/mol. The molecule has 0 spiro atoms. The second-order valence-electron chi connectivity index (χ2n) is 1.86. The van der Waals surface area contributed by atoms with Gasteiger partial charge in [0, 0.05) is 5.57 Å². The van der Waals surface area contributed by atoms with Crippen LogP contribution in [-0.4, -0.2) is 0 Å². The maximum absolute atomic E-state index is 5.13. The lowest BCUT2D eigenvalue weighted by Gasteiger charge is -1.97. The number of allylic oxidation sites excluding steroid dienone is 1. The van der Waals surface area contributed by atoms with Crippen molar-refractivity contribution in [3.63, 3.8) is 0 Å². The van der Waals surface area contributed by atoms with Gasteiger partial charge in [0.05, 0.1) is 0 Å². The van der Waals surface area contributed by atoms with Crippen LogP contribution in [0.1, 0.15) is 19.3 Å². The molecule has 0 aliphatic heterocycles. The predicted octanol–water partition coefficient (Wildman–Crippen LogP) is 1.89. The molecule has 0 fully saturated rings. The molecule has 0 saturated heterocycles. The van der Waals surface area contributed by atoms with E-state index in [0.29, 0.717) is 0 Å². The smallest absolute Gasteiger partial charge is 0.0432 e. The van der Waals surface area contributed by atoms with Crippen LogP contribution < -0.4 is 0 Å². The maximum atomic E-state index is 5.13. The topological polar surface area (TPSA) is 0 Å². The molecule has 0 radical (unpaired) electrons. The Bertz CT molecular complexity index is 173. The Morgan fingerprint density at radius 3 is 3.00 bits per heavy atom. The quantitative estimate of drug-likeness (QED) is 0.325. The van der Waals surface area contributed by atoms with Crippen molar-refractivity contribution in [3.05, 3.63) is 17.4 Å². The van der Waals surface area contributed by atoms with Crippen LogP contribution in [0.3, 0.4) is 0 Å². The van der Waals surface area contributed by atoms with Crippen molar-refractivity contribution in [3.8, 4) is 12.3 Å². The van der Waals surface area contributed by atoms with Crippen molar-refractivity contribution >= 4 is 0 Å². The zero-order valence-electron chi connectivity index (χ0n) is 4.78. The lowest BCUT2D eigenvalue weighted by molar-refractivity contribution is 0.834. The fourth-order valence-electron chi connectivity index (χ4n) is 0.762. The van der Waals surface area contributed by atoms with Crippen LogP contribution >= 0.6 is 0 Å². The van der Waals surface area contributed by atoms with Gasteiger partial charge < -0.3 is 0 Å². The normalized spacial score (nSPS) is 17.1. The summed E-state index contributed by atoms with van der Waals surface area (Å²) in [6, 6.07) is 0. The van der Waals surface area contributed by atoms with Gasteiger partial charge in [-0.05, 0) is 25.3 Å². The van der Waals surface area contributed by atoms with E-state index in [-0.39, 0.29) is 0 Å². The highest BCUT2D eigenvalue weighted by Gasteiger charge is 1.93. The van der Waals surface area contributed by atoms with Crippen LogP contribution in [0.5, 0.6) is 0 Å². The van der Waals surface area contributed by atoms with E-state index in [1.54, 1.807) is 0 Å². The molecule has 0 heterocycles. The molecule has 0 amide bonds. The van der Waals surface area contributed by atoms with Crippen LogP contribution in [0.25, 0.3) is 0 Å². The lowest BCUT2D eigenvalue weighted by atomic mass is 10.1. The monoisotopic (exact) mass is 104 g/mol. The van der Waals surface area contributed by atoms with E-state index >= 15 is 0 Å². The van der Waals surface area contributed by atoms with Gasteiger partial charge in [-0.25, -0.2) is 0 Å². The number of rotatable bonds is 0. The first-order valence-electron chi connectivity index (χ1n) is 2.84. The zero-order chi connectivity index (χ0) is 5.82. The molecule has 0 N–H and O–H groups in total. The summed E-state index contributed by atoms with van der Waals surface area (Å²) in [4.78, 5) is 0. The van der Waals surface area contributed by atoms with Crippen LogP contribution in [0.4, 0.5) is 0 Å². The minimum atomic E-state index is 1.02. The first-order valence-corrected chi connectivity index (χ1v) is 2.84. The Morgan fingerprint density at radius 2 is 2.62 bits per heavy atom. The highest BCUT2D eigenvalue weighted by molar-refractivity contribution is 5.25. The van der Waals surface area contributed by atoms with E-state index in [0.717, 1.165) is 18.4 Å². The predicted molar refractivity (Wildman–Crippen MR) is 34.3 cm³/mol. The second kappa shape index (κ2) is 2.40. The molecule has 0 heteroatoms. The molecule has 0 aromatic heterocycles. The highest BCUT2D eigenvalue weighted by Crippen LogP contribution is 2.09. The number of terminal acetylenes is 1. The third-order valence-electron chi connectivity index (χ3n) is 1.23. The first-order chi connectivity index (χ1) is 3.93. The second-order valence-corrected chi connectivity index (χ2v) is 1.86. The minimum Gasteiger partial charge on any atom is -0.114 e. The summed E-state index contributed by atoms with van der Waals surface area (Å²) in [5, 5.41) is 0. The van der Waals surface area contributed by atoms with Crippen molar-refractivity contribution in [2.45, 2.75) is 19.3 Å². The van der Waals surface area contributed by atoms with Gasteiger partial charge in [0.2, 0.25) is 0 Å². The summed E-state index contributed by atoms with van der Waals surface area (Å²) >= 11 is 0. The lowest BCUT2D eigenvalue weighted by Crippen LogP contribution is -1.81.